The highest BCUT2D eigenvalue weighted by Crippen LogP contribution is 2.51. The van der Waals surface area contributed by atoms with Crippen LogP contribution in [0.3, 0.4) is 0 Å². The molecule has 128 heavy (non-hydrogen) atoms. The Balaban J connectivity index is 0.000000143. The summed E-state index contributed by atoms with van der Waals surface area (Å²) in [6.07, 6.45) is 0. The van der Waals surface area contributed by atoms with Crippen molar-refractivity contribution in [3.63, 3.8) is 0 Å². The summed E-state index contributed by atoms with van der Waals surface area (Å²) in [6.45, 7) is 0. The second-order valence-corrected chi connectivity index (χ2v) is 32.4. The Kier molecular flexibility index (Phi) is 18.4. The average Bonchev–Trinajstić information content (AvgIpc) is 1.52. The van der Waals surface area contributed by atoms with E-state index in [1.807, 2.05) is 91.0 Å². The molecular formula is C119H73N7O2. The van der Waals surface area contributed by atoms with Gasteiger partial charge in [-0.25, -0.2) is 34.9 Å². The van der Waals surface area contributed by atoms with Crippen LogP contribution in [0.1, 0.15) is 0 Å². The minimum Gasteiger partial charge on any atom is -0.456 e. The summed E-state index contributed by atoms with van der Waals surface area (Å²) in [5.41, 5.74) is 28.2. The maximum atomic E-state index is 6.68. The lowest BCUT2D eigenvalue weighted by atomic mass is 9.88. The van der Waals surface area contributed by atoms with E-state index >= 15 is 0 Å². The molecule has 0 fully saturated rings. The van der Waals surface area contributed by atoms with E-state index < -0.39 is 0 Å². The lowest BCUT2D eigenvalue weighted by Crippen LogP contribution is -2.00. The maximum absolute atomic E-state index is 6.68. The molecule has 6 aromatic heterocycles. The Bertz CT molecular complexity index is 8610. The Labute approximate surface area is 736 Å². The molecule has 25 rings (SSSR count). The zero-order chi connectivity index (χ0) is 84.5. The van der Waals surface area contributed by atoms with Crippen LogP contribution in [0.25, 0.3) is 255 Å². The van der Waals surface area contributed by atoms with Crippen molar-refractivity contribution < 1.29 is 8.83 Å². The van der Waals surface area contributed by atoms with Gasteiger partial charge in [-0.15, -0.1) is 0 Å². The molecule has 9 nitrogen and oxygen atoms in total. The van der Waals surface area contributed by atoms with Crippen LogP contribution >= 0.6 is 0 Å². The number of benzene rings is 19. The largest absolute Gasteiger partial charge is 0.456 e. The minimum atomic E-state index is 0.629. The number of para-hydroxylation sites is 4. The lowest BCUT2D eigenvalue weighted by molar-refractivity contribution is 0.669. The van der Waals surface area contributed by atoms with Gasteiger partial charge in [-0.2, -0.15) is 0 Å². The molecule has 0 N–H and O–H groups in total. The number of aromatic nitrogens is 7. The third-order valence-corrected chi connectivity index (χ3v) is 24.8. The van der Waals surface area contributed by atoms with E-state index in [2.05, 4.69) is 352 Å². The van der Waals surface area contributed by atoms with Crippen LogP contribution in [0, 0.1) is 0 Å². The molecule has 0 atom stereocenters. The fourth-order valence-corrected chi connectivity index (χ4v) is 18.9. The quantitative estimate of drug-likeness (QED) is 0.104. The fraction of sp³-hybridized carbons (Fsp3) is 0. The SMILES string of the molecule is c1ccc(-c2cccc(-c3nc(-c4ccccc4)cc(-c4ccc(-c5ccc(-c6c7c(cc8c(-c9ccccc9)nc9ccccc9c68)oc6ccccc67)cc5)c5ccccc45)n3)c2)cc1.c1ccc(-c2nc(-c3ccccc3)nc(-c3ccc(-c4cccc(-c5c6c(cc7c(-c8ccccc8)nc8ccccc8c57)oc5ccccc56)c4)c4ccccc34)n2)cc1. The monoisotopic (exact) mass is 1630 g/mol. The molecule has 25 aromatic rings. The first-order valence-electron chi connectivity index (χ1n) is 43.1. The van der Waals surface area contributed by atoms with Gasteiger partial charge in [-0.1, -0.05) is 382 Å². The van der Waals surface area contributed by atoms with Gasteiger partial charge in [0.25, 0.3) is 0 Å². The Morgan fingerprint density at radius 2 is 0.492 bits per heavy atom. The highest BCUT2D eigenvalue weighted by atomic mass is 16.3. The summed E-state index contributed by atoms with van der Waals surface area (Å²) in [6, 6.07) is 155. The summed E-state index contributed by atoms with van der Waals surface area (Å²) in [4.78, 5) is 36.2. The van der Waals surface area contributed by atoms with Crippen molar-refractivity contribution in [3.05, 3.63) is 443 Å². The van der Waals surface area contributed by atoms with Gasteiger partial charge in [0, 0.05) is 109 Å². The standard InChI is InChI=1S/C63H39N3O.C56H34N4O/c1-4-17-40(18-5-1)45-23-16-24-46(37-45)63-65-55(42-19-6-2-7-20-42)39-56(66-63)50-36-35-47(48-25-10-11-26-49(48)50)41-31-33-43(34-32-41)59-60-51-27-12-14-29-54(51)64-62(44-21-8-3-9-22-44)53(60)38-58-61(59)52-28-13-15-30-57(52)67-58;1-4-17-35(18-5-1)53-46-34-49-52(45-28-13-15-30-48(45)61-49)50(51(46)44-27-12-14-29-47(44)57-53)39-24-16-23-38(33-39)40-31-32-43(42-26-11-10-25-41(40)42)56-59-54(36-19-6-2-7-20-36)58-55(60-56)37-21-8-3-9-22-37/h1-39H;1-34H. The first-order chi connectivity index (χ1) is 63.5. The van der Waals surface area contributed by atoms with Gasteiger partial charge in [-0.05, 0) is 127 Å². The highest BCUT2D eigenvalue weighted by molar-refractivity contribution is 6.30. The van der Waals surface area contributed by atoms with E-state index in [1.54, 1.807) is 0 Å². The van der Waals surface area contributed by atoms with Crippen LogP contribution in [-0.2, 0) is 0 Å². The van der Waals surface area contributed by atoms with Crippen LogP contribution < -0.4 is 0 Å². The fourth-order valence-electron chi connectivity index (χ4n) is 18.9. The van der Waals surface area contributed by atoms with Crippen LogP contribution in [0.4, 0.5) is 0 Å². The van der Waals surface area contributed by atoms with E-state index in [0.717, 1.165) is 232 Å². The van der Waals surface area contributed by atoms with Crippen molar-refractivity contribution in [2.75, 3.05) is 0 Å². The number of nitrogens with zero attached hydrogens (tertiary/aromatic N) is 7. The molecule has 9 heteroatoms. The first kappa shape index (κ1) is 74.6. The first-order valence-corrected chi connectivity index (χ1v) is 43.1. The number of pyridine rings is 2. The second-order valence-electron chi connectivity index (χ2n) is 32.4. The lowest BCUT2D eigenvalue weighted by Gasteiger charge is -2.17. The van der Waals surface area contributed by atoms with Crippen LogP contribution in [0.5, 0.6) is 0 Å². The molecule has 0 amide bonds. The third-order valence-electron chi connectivity index (χ3n) is 24.8. The van der Waals surface area contributed by atoms with Gasteiger partial charge < -0.3 is 8.83 Å². The van der Waals surface area contributed by atoms with E-state index in [0.29, 0.717) is 23.3 Å². The van der Waals surface area contributed by atoms with Crippen molar-refractivity contribution in [1.29, 1.82) is 0 Å². The molecule has 0 spiro atoms. The third kappa shape index (κ3) is 13.2. The number of rotatable bonds is 13. The van der Waals surface area contributed by atoms with E-state index in [4.69, 9.17) is 43.7 Å². The molecule has 0 radical (unpaired) electrons. The van der Waals surface area contributed by atoms with Gasteiger partial charge >= 0.3 is 0 Å². The molecule has 596 valence electrons. The van der Waals surface area contributed by atoms with Gasteiger partial charge in [0.15, 0.2) is 23.3 Å². The van der Waals surface area contributed by atoms with Crippen molar-refractivity contribution in [2.24, 2.45) is 0 Å². The minimum absolute atomic E-state index is 0.629. The molecule has 0 saturated heterocycles. The number of hydrogen-bond donors (Lipinski definition) is 0. The maximum Gasteiger partial charge on any atom is 0.164 e. The topological polar surface area (TPSA) is 117 Å². The van der Waals surface area contributed by atoms with Gasteiger partial charge in [-0.3, -0.25) is 0 Å². The van der Waals surface area contributed by atoms with Gasteiger partial charge in [0.2, 0.25) is 0 Å². The predicted octanol–water partition coefficient (Wildman–Crippen LogP) is 31.5. The van der Waals surface area contributed by atoms with Crippen molar-refractivity contribution >= 4 is 109 Å². The predicted molar refractivity (Wildman–Crippen MR) is 528 cm³/mol. The number of furan rings is 2. The summed E-state index contributed by atoms with van der Waals surface area (Å²) in [5.74, 6) is 2.59. The molecular weight excluding hydrogens is 1560 g/mol. The second kappa shape index (κ2) is 31.6. The van der Waals surface area contributed by atoms with Crippen molar-refractivity contribution in [2.45, 2.75) is 0 Å². The normalized spacial score (nSPS) is 11.6. The number of fused-ring (bicyclic) bond motifs is 14. The molecule has 0 aliphatic carbocycles. The van der Waals surface area contributed by atoms with E-state index in [9.17, 15) is 0 Å². The molecule has 0 bridgehead atoms. The summed E-state index contributed by atoms with van der Waals surface area (Å²) < 4.78 is 13.3. The van der Waals surface area contributed by atoms with Crippen molar-refractivity contribution in [3.8, 4) is 146 Å². The molecule has 19 aromatic carbocycles. The summed E-state index contributed by atoms with van der Waals surface area (Å²) in [5, 5.41) is 15.4. The molecule has 0 aliphatic rings. The van der Waals surface area contributed by atoms with Gasteiger partial charge in [0.05, 0.1) is 33.8 Å². The molecule has 0 saturated carbocycles. The summed E-state index contributed by atoms with van der Waals surface area (Å²) >= 11 is 0. The van der Waals surface area contributed by atoms with E-state index in [1.165, 1.54) is 0 Å². The highest BCUT2D eigenvalue weighted by Gasteiger charge is 2.27. The van der Waals surface area contributed by atoms with Gasteiger partial charge in [0.1, 0.15) is 22.3 Å². The Hall–Kier alpha value is -17.3. The molecule has 0 unspecified atom stereocenters. The van der Waals surface area contributed by atoms with E-state index in [-0.39, 0.29) is 0 Å². The average molecular weight is 1630 g/mol. The van der Waals surface area contributed by atoms with Crippen LogP contribution in [0.2, 0.25) is 0 Å². The zero-order valence-electron chi connectivity index (χ0n) is 69.1. The van der Waals surface area contributed by atoms with Crippen LogP contribution in [0.15, 0.2) is 452 Å². The van der Waals surface area contributed by atoms with Crippen LogP contribution in [-0.4, -0.2) is 34.9 Å². The van der Waals surface area contributed by atoms with Crippen molar-refractivity contribution in [1.82, 2.24) is 34.9 Å². The smallest absolute Gasteiger partial charge is 0.164 e. The zero-order valence-corrected chi connectivity index (χ0v) is 69.1. The molecule has 6 heterocycles. The Morgan fingerprint density at radius 1 is 0.148 bits per heavy atom. The molecule has 0 aliphatic heterocycles. The number of hydrogen-bond acceptors (Lipinski definition) is 9. The Morgan fingerprint density at radius 3 is 1.02 bits per heavy atom. The summed E-state index contributed by atoms with van der Waals surface area (Å²) in [7, 11) is 0.